The number of rotatable bonds is 4. The number of aromatic amines is 1. The number of nitrogens with zero attached hydrogens (tertiary/aromatic N) is 4. The fourth-order valence-electron chi connectivity index (χ4n) is 3.72. The highest BCUT2D eigenvalue weighted by Gasteiger charge is 2.38. The largest absolute Gasteiger partial charge is 0.451 e. The Morgan fingerprint density at radius 2 is 2.10 bits per heavy atom. The Labute approximate surface area is 168 Å². The molecule has 2 aromatic heterocycles. The average molecular weight is 428 g/mol. The normalized spacial score (nSPS) is 18.1. The lowest BCUT2D eigenvalue weighted by Crippen LogP contribution is -2.39. The SMILES string of the molecule is OC[C@@H](O)C[C@H]1c2[nH]c3ccc(Cl)cc3c2CCN1c1ncnc(C(F)(F)F)n1. The molecule has 0 aliphatic carbocycles. The molecule has 0 saturated carbocycles. The zero-order valence-corrected chi connectivity index (χ0v) is 15.7. The maximum absolute atomic E-state index is 13.1. The molecule has 0 unspecified atom stereocenters. The number of halogens is 4. The first kappa shape index (κ1) is 19.9. The van der Waals surface area contributed by atoms with Crippen LogP contribution in [0, 0.1) is 0 Å². The van der Waals surface area contributed by atoms with Crippen LogP contribution >= 0.6 is 11.6 Å². The summed E-state index contributed by atoms with van der Waals surface area (Å²) in [5.41, 5.74) is 2.53. The Morgan fingerprint density at radius 3 is 2.83 bits per heavy atom. The first-order valence-electron chi connectivity index (χ1n) is 8.89. The van der Waals surface area contributed by atoms with Crippen LogP contribution in [0.2, 0.25) is 5.02 Å². The Hall–Kier alpha value is -2.43. The van der Waals surface area contributed by atoms with E-state index >= 15 is 0 Å². The van der Waals surface area contributed by atoms with Crippen molar-refractivity contribution < 1.29 is 23.4 Å². The molecule has 0 bridgehead atoms. The molecular weight excluding hydrogens is 411 g/mol. The van der Waals surface area contributed by atoms with E-state index in [9.17, 15) is 23.4 Å². The molecule has 0 amide bonds. The van der Waals surface area contributed by atoms with Gasteiger partial charge in [0.1, 0.15) is 6.33 Å². The molecule has 7 nitrogen and oxygen atoms in total. The number of hydrogen-bond donors (Lipinski definition) is 3. The zero-order chi connectivity index (χ0) is 20.8. The van der Waals surface area contributed by atoms with Gasteiger partial charge in [-0.05, 0) is 30.2 Å². The van der Waals surface area contributed by atoms with Gasteiger partial charge in [-0.1, -0.05) is 11.6 Å². The highest BCUT2D eigenvalue weighted by molar-refractivity contribution is 6.31. The van der Waals surface area contributed by atoms with Crippen molar-refractivity contribution in [2.75, 3.05) is 18.1 Å². The summed E-state index contributed by atoms with van der Waals surface area (Å²) in [6.07, 6.45) is -4.33. The van der Waals surface area contributed by atoms with E-state index < -0.39 is 30.8 Å². The summed E-state index contributed by atoms with van der Waals surface area (Å²) in [5, 5.41) is 20.9. The van der Waals surface area contributed by atoms with Gasteiger partial charge in [-0.15, -0.1) is 0 Å². The third kappa shape index (κ3) is 3.75. The summed E-state index contributed by atoms with van der Waals surface area (Å²) in [6.45, 7) is -0.146. The second-order valence-electron chi connectivity index (χ2n) is 6.85. The monoisotopic (exact) mass is 427 g/mol. The van der Waals surface area contributed by atoms with Gasteiger partial charge in [-0.25, -0.2) is 9.97 Å². The number of nitrogens with one attached hydrogen (secondary N) is 1. The summed E-state index contributed by atoms with van der Waals surface area (Å²) < 4.78 is 39.2. The van der Waals surface area contributed by atoms with Crippen LogP contribution in [0.25, 0.3) is 10.9 Å². The van der Waals surface area contributed by atoms with Crippen LogP contribution in [0.5, 0.6) is 0 Å². The fourth-order valence-corrected chi connectivity index (χ4v) is 3.89. The van der Waals surface area contributed by atoms with Gasteiger partial charge in [0.15, 0.2) is 0 Å². The quantitative estimate of drug-likeness (QED) is 0.592. The lowest BCUT2D eigenvalue weighted by molar-refractivity contribution is -0.145. The van der Waals surface area contributed by atoms with E-state index in [1.165, 1.54) is 0 Å². The van der Waals surface area contributed by atoms with E-state index in [4.69, 9.17) is 11.6 Å². The lowest BCUT2D eigenvalue weighted by atomic mass is 9.94. The first-order valence-corrected chi connectivity index (χ1v) is 9.27. The smallest absolute Gasteiger partial charge is 0.394 e. The van der Waals surface area contributed by atoms with E-state index in [2.05, 4.69) is 19.9 Å². The van der Waals surface area contributed by atoms with Gasteiger partial charge in [0.2, 0.25) is 11.8 Å². The Kier molecular flexibility index (Phi) is 5.09. The number of fused-ring (bicyclic) bond motifs is 3. The van der Waals surface area contributed by atoms with Gasteiger partial charge in [-0.2, -0.15) is 18.2 Å². The molecule has 1 aliphatic heterocycles. The minimum Gasteiger partial charge on any atom is -0.394 e. The summed E-state index contributed by atoms with van der Waals surface area (Å²) in [5.74, 6) is -1.41. The molecule has 3 heterocycles. The fraction of sp³-hybridized carbons (Fsp3) is 0.389. The predicted molar refractivity (Wildman–Crippen MR) is 99.6 cm³/mol. The maximum atomic E-state index is 13.1. The van der Waals surface area contributed by atoms with Crippen molar-refractivity contribution in [1.82, 2.24) is 19.9 Å². The van der Waals surface area contributed by atoms with Crippen LogP contribution in [0.4, 0.5) is 19.1 Å². The summed E-state index contributed by atoms with van der Waals surface area (Å²) >= 11 is 6.12. The lowest BCUT2D eigenvalue weighted by Gasteiger charge is -2.36. The molecule has 29 heavy (non-hydrogen) atoms. The molecule has 3 aromatic rings. The second-order valence-corrected chi connectivity index (χ2v) is 7.28. The van der Waals surface area contributed by atoms with Crippen LogP contribution in [-0.2, 0) is 12.6 Å². The Balaban J connectivity index is 1.80. The van der Waals surface area contributed by atoms with Crippen molar-refractivity contribution in [3.8, 4) is 0 Å². The third-order valence-corrected chi connectivity index (χ3v) is 5.22. The molecule has 3 N–H and O–H groups in total. The van der Waals surface area contributed by atoms with Crippen LogP contribution < -0.4 is 4.90 Å². The van der Waals surface area contributed by atoms with Gasteiger partial charge in [0.25, 0.3) is 0 Å². The molecule has 0 fully saturated rings. The Morgan fingerprint density at radius 1 is 1.31 bits per heavy atom. The number of anilines is 1. The van der Waals surface area contributed by atoms with Gasteiger partial charge in [0, 0.05) is 34.6 Å². The molecular formula is C18H17ClF3N5O2. The minimum atomic E-state index is -4.70. The number of benzene rings is 1. The molecule has 11 heteroatoms. The minimum absolute atomic E-state index is 0.0804. The highest BCUT2D eigenvalue weighted by Crippen LogP contribution is 2.39. The number of hydrogen-bond acceptors (Lipinski definition) is 6. The van der Waals surface area contributed by atoms with Crippen molar-refractivity contribution >= 4 is 28.5 Å². The highest BCUT2D eigenvalue weighted by atomic mass is 35.5. The molecule has 0 radical (unpaired) electrons. The second kappa shape index (κ2) is 7.43. The molecule has 1 aliphatic rings. The van der Waals surface area contributed by atoms with Crippen molar-refractivity contribution in [1.29, 1.82) is 0 Å². The number of aromatic nitrogens is 4. The number of H-pyrrole nitrogens is 1. The van der Waals surface area contributed by atoms with Gasteiger partial charge >= 0.3 is 6.18 Å². The van der Waals surface area contributed by atoms with E-state index in [1.807, 2.05) is 12.1 Å². The number of aliphatic hydroxyl groups is 2. The molecule has 1 aromatic carbocycles. The van der Waals surface area contributed by atoms with Crippen LogP contribution in [0.15, 0.2) is 24.5 Å². The van der Waals surface area contributed by atoms with E-state index in [-0.39, 0.29) is 12.4 Å². The molecule has 4 rings (SSSR count). The van der Waals surface area contributed by atoms with Crippen molar-refractivity contribution in [3.05, 3.63) is 46.6 Å². The standard InChI is InChI=1S/C18H17ClF3N5O2/c19-9-1-2-13-12(5-9)11-3-4-27(14(15(11)25-13)6-10(29)7-28)17-24-8-23-16(26-17)18(20,21)22/h1-2,5,8,10,14,25,28-29H,3-4,6-7H2/t10-,14-/m0/s1. The van der Waals surface area contributed by atoms with E-state index in [0.717, 1.165) is 28.5 Å². The van der Waals surface area contributed by atoms with Gasteiger partial charge < -0.3 is 20.1 Å². The van der Waals surface area contributed by atoms with Crippen molar-refractivity contribution in [2.24, 2.45) is 0 Å². The third-order valence-electron chi connectivity index (χ3n) is 4.99. The van der Waals surface area contributed by atoms with Crippen molar-refractivity contribution in [2.45, 2.75) is 31.2 Å². The van der Waals surface area contributed by atoms with Crippen LogP contribution in [0.1, 0.15) is 29.5 Å². The molecule has 0 spiro atoms. The summed E-state index contributed by atoms with van der Waals surface area (Å²) in [4.78, 5) is 15.6. The summed E-state index contributed by atoms with van der Waals surface area (Å²) in [6, 6.07) is 4.83. The molecule has 0 saturated heterocycles. The summed E-state index contributed by atoms with van der Waals surface area (Å²) in [7, 11) is 0. The first-order chi connectivity index (χ1) is 13.8. The number of aliphatic hydroxyl groups excluding tert-OH is 2. The van der Waals surface area contributed by atoms with Gasteiger partial charge in [-0.3, -0.25) is 0 Å². The van der Waals surface area contributed by atoms with Crippen molar-refractivity contribution in [3.63, 3.8) is 0 Å². The zero-order valence-electron chi connectivity index (χ0n) is 15.0. The number of alkyl halides is 3. The topological polar surface area (TPSA) is 98.2 Å². The molecule has 2 atom stereocenters. The van der Waals surface area contributed by atoms with Crippen LogP contribution in [-0.4, -0.2) is 49.4 Å². The van der Waals surface area contributed by atoms with E-state index in [0.29, 0.717) is 18.0 Å². The van der Waals surface area contributed by atoms with E-state index in [1.54, 1.807) is 11.0 Å². The Bertz CT molecular complexity index is 1040. The molecule has 154 valence electrons. The van der Waals surface area contributed by atoms with Crippen LogP contribution in [0.3, 0.4) is 0 Å². The maximum Gasteiger partial charge on any atom is 0.451 e. The van der Waals surface area contributed by atoms with Gasteiger partial charge in [0.05, 0.1) is 18.8 Å². The average Bonchev–Trinajstić information content (AvgIpc) is 3.06. The predicted octanol–water partition coefficient (Wildman–Crippen LogP) is 2.87.